The molecule has 0 aromatic carbocycles. The minimum absolute atomic E-state index is 0.111. The summed E-state index contributed by atoms with van der Waals surface area (Å²) in [5.74, 6) is 0.578. The van der Waals surface area contributed by atoms with Gasteiger partial charge in [0.2, 0.25) is 0 Å². The summed E-state index contributed by atoms with van der Waals surface area (Å²) in [6.07, 6.45) is 2.37. The third-order valence-electron chi connectivity index (χ3n) is 3.90. The van der Waals surface area contributed by atoms with Crippen molar-refractivity contribution in [2.24, 2.45) is 5.92 Å². The number of aryl methyl sites for hydroxylation is 2. The molecule has 1 saturated heterocycles. The van der Waals surface area contributed by atoms with Crippen LogP contribution in [0.4, 0.5) is 0 Å². The molecule has 1 aliphatic heterocycles. The Hall–Kier alpha value is -1.36. The summed E-state index contributed by atoms with van der Waals surface area (Å²) in [6.45, 7) is 11.7. The fourth-order valence-electron chi connectivity index (χ4n) is 2.98. The first-order valence-electron chi connectivity index (χ1n) is 8.08. The van der Waals surface area contributed by atoms with E-state index in [4.69, 9.17) is 0 Å². The molecule has 1 N–H and O–H groups in total. The summed E-state index contributed by atoms with van der Waals surface area (Å²) in [5.41, 5.74) is 1.62. The summed E-state index contributed by atoms with van der Waals surface area (Å²) in [5, 5.41) is 7.88. The molecular weight excluding hydrogens is 264 g/mol. The van der Waals surface area contributed by atoms with E-state index in [-0.39, 0.29) is 5.91 Å². The van der Waals surface area contributed by atoms with Gasteiger partial charge < -0.3 is 10.2 Å². The average Bonchev–Trinajstić information content (AvgIpc) is 3.05. The molecule has 1 amide bonds. The molecule has 5 nitrogen and oxygen atoms in total. The maximum absolute atomic E-state index is 12.9. The van der Waals surface area contributed by atoms with Gasteiger partial charge >= 0.3 is 0 Å². The average molecular weight is 292 g/mol. The second-order valence-corrected chi connectivity index (χ2v) is 6.38. The third kappa shape index (κ3) is 4.06. The molecule has 1 unspecified atom stereocenters. The number of nitrogens with zero attached hydrogens (tertiary/aromatic N) is 3. The van der Waals surface area contributed by atoms with Crippen LogP contribution in [0.1, 0.15) is 49.8 Å². The largest absolute Gasteiger partial charge is 0.336 e. The van der Waals surface area contributed by atoms with E-state index in [2.05, 4.69) is 24.3 Å². The standard InChI is InChI=1S/C16H28N4O/c1-5-20-15(9-13(4)18-20)16(21)19(10-12(2)3)11-14-7-6-8-17-14/h9,12,14,17H,5-8,10-11H2,1-4H3. The predicted octanol–water partition coefficient (Wildman–Crippen LogP) is 2.06. The zero-order valence-electron chi connectivity index (χ0n) is 13.7. The van der Waals surface area contributed by atoms with Crippen LogP contribution >= 0.6 is 0 Å². The van der Waals surface area contributed by atoms with E-state index in [0.717, 1.165) is 38.3 Å². The highest BCUT2D eigenvalue weighted by molar-refractivity contribution is 5.92. The number of aromatic nitrogens is 2. The SMILES string of the molecule is CCn1nc(C)cc1C(=O)N(CC(C)C)CC1CCCN1. The zero-order chi connectivity index (χ0) is 15.4. The van der Waals surface area contributed by atoms with Gasteiger partial charge in [0.05, 0.1) is 5.69 Å². The van der Waals surface area contributed by atoms with Gasteiger partial charge in [0.15, 0.2) is 0 Å². The van der Waals surface area contributed by atoms with Gasteiger partial charge in [-0.25, -0.2) is 0 Å². The lowest BCUT2D eigenvalue weighted by molar-refractivity contribution is 0.0709. The second-order valence-electron chi connectivity index (χ2n) is 6.38. The monoisotopic (exact) mass is 292 g/mol. The van der Waals surface area contributed by atoms with Crippen LogP contribution in [-0.2, 0) is 6.54 Å². The van der Waals surface area contributed by atoms with Gasteiger partial charge in [-0.15, -0.1) is 0 Å². The van der Waals surface area contributed by atoms with Crippen molar-refractivity contribution in [3.8, 4) is 0 Å². The van der Waals surface area contributed by atoms with Crippen molar-refractivity contribution in [1.82, 2.24) is 20.0 Å². The van der Waals surface area contributed by atoms with E-state index < -0.39 is 0 Å². The highest BCUT2D eigenvalue weighted by Crippen LogP contribution is 2.13. The fraction of sp³-hybridized carbons (Fsp3) is 0.750. The van der Waals surface area contributed by atoms with Gasteiger partial charge in [0.1, 0.15) is 5.69 Å². The van der Waals surface area contributed by atoms with Crippen LogP contribution in [-0.4, -0.2) is 46.3 Å². The van der Waals surface area contributed by atoms with E-state index in [1.165, 1.54) is 6.42 Å². The molecule has 1 aromatic rings. The zero-order valence-corrected chi connectivity index (χ0v) is 13.7. The van der Waals surface area contributed by atoms with Crippen LogP contribution < -0.4 is 5.32 Å². The first kappa shape index (κ1) is 16.0. The first-order valence-corrected chi connectivity index (χ1v) is 8.08. The Labute approximate surface area is 127 Å². The van der Waals surface area contributed by atoms with Gasteiger partial charge in [-0.3, -0.25) is 9.48 Å². The van der Waals surface area contributed by atoms with Gasteiger partial charge in [-0.2, -0.15) is 5.10 Å². The Morgan fingerprint density at radius 3 is 2.90 bits per heavy atom. The van der Waals surface area contributed by atoms with E-state index in [9.17, 15) is 4.79 Å². The maximum Gasteiger partial charge on any atom is 0.272 e. The lowest BCUT2D eigenvalue weighted by Gasteiger charge is -2.27. The number of nitrogens with one attached hydrogen (secondary N) is 1. The summed E-state index contributed by atoms with van der Waals surface area (Å²) in [4.78, 5) is 14.9. The van der Waals surface area contributed by atoms with E-state index in [1.807, 2.05) is 29.5 Å². The summed E-state index contributed by atoms with van der Waals surface area (Å²) < 4.78 is 1.81. The summed E-state index contributed by atoms with van der Waals surface area (Å²) in [6, 6.07) is 2.34. The van der Waals surface area contributed by atoms with Crippen LogP contribution in [0.5, 0.6) is 0 Å². The molecule has 0 spiro atoms. The van der Waals surface area contributed by atoms with Gasteiger partial charge in [-0.05, 0) is 45.2 Å². The van der Waals surface area contributed by atoms with Gasteiger partial charge in [0, 0.05) is 25.7 Å². The summed E-state index contributed by atoms with van der Waals surface area (Å²) >= 11 is 0. The molecular formula is C16H28N4O. The molecule has 2 rings (SSSR count). The van der Waals surface area contributed by atoms with Crippen molar-refractivity contribution in [1.29, 1.82) is 0 Å². The Kier molecular flexibility index (Phi) is 5.39. The van der Waals surface area contributed by atoms with Crippen LogP contribution in [0.2, 0.25) is 0 Å². The summed E-state index contributed by atoms with van der Waals surface area (Å²) in [7, 11) is 0. The van der Waals surface area contributed by atoms with Crippen LogP contribution in [0.3, 0.4) is 0 Å². The van der Waals surface area contributed by atoms with E-state index in [1.54, 1.807) is 0 Å². The van der Waals surface area contributed by atoms with E-state index in [0.29, 0.717) is 17.7 Å². The fourth-order valence-corrected chi connectivity index (χ4v) is 2.98. The maximum atomic E-state index is 12.9. The normalized spacial score (nSPS) is 18.4. The van der Waals surface area contributed by atoms with Crippen molar-refractivity contribution in [2.75, 3.05) is 19.6 Å². The molecule has 1 aromatic heterocycles. The molecule has 118 valence electrons. The molecule has 1 fully saturated rings. The number of hydrogen-bond donors (Lipinski definition) is 1. The lowest BCUT2D eigenvalue weighted by Crippen LogP contribution is -2.43. The number of rotatable bonds is 6. The highest BCUT2D eigenvalue weighted by Gasteiger charge is 2.25. The molecule has 0 aliphatic carbocycles. The molecule has 21 heavy (non-hydrogen) atoms. The van der Waals surface area contributed by atoms with Crippen LogP contribution in [0, 0.1) is 12.8 Å². The third-order valence-corrected chi connectivity index (χ3v) is 3.90. The molecule has 5 heteroatoms. The molecule has 0 radical (unpaired) electrons. The quantitative estimate of drug-likeness (QED) is 0.873. The Morgan fingerprint density at radius 2 is 2.33 bits per heavy atom. The topological polar surface area (TPSA) is 50.2 Å². The van der Waals surface area contributed by atoms with Crippen LogP contribution in [0.15, 0.2) is 6.07 Å². The number of carbonyl (C=O) groups excluding carboxylic acids is 1. The molecule has 2 heterocycles. The second kappa shape index (κ2) is 7.07. The Morgan fingerprint density at radius 1 is 1.57 bits per heavy atom. The molecule has 0 saturated carbocycles. The molecule has 1 atom stereocenters. The van der Waals surface area contributed by atoms with E-state index >= 15 is 0 Å². The first-order chi connectivity index (χ1) is 10.0. The van der Waals surface area contributed by atoms with Gasteiger partial charge in [-0.1, -0.05) is 13.8 Å². The Bertz CT molecular complexity index is 475. The number of hydrogen-bond acceptors (Lipinski definition) is 3. The minimum atomic E-state index is 0.111. The number of carbonyl (C=O) groups is 1. The van der Waals surface area contributed by atoms with Crippen molar-refractivity contribution >= 4 is 5.91 Å². The highest BCUT2D eigenvalue weighted by atomic mass is 16.2. The molecule has 0 bridgehead atoms. The number of amides is 1. The van der Waals surface area contributed by atoms with Crippen molar-refractivity contribution in [3.05, 3.63) is 17.5 Å². The molecule has 1 aliphatic rings. The minimum Gasteiger partial charge on any atom is -0.336 e. The Balaban J connectivity index is 2.15. The predicted molar refractivity (Wildman–Crippen MR) is 84.4 cm³/mol. The van der Waals surface area contributed by atoms with Crippen molar-refractivity contribution < 1.29 is 4.79 Å². The van der Waals surface area contributed by atoms with Crippen LogP contribution in [0.25, 0.3) is 0 Å². The van der Waals surface area contributed by atoms with Crippen molar-refractivity contribution in [2.45, 2.75) is 53.1 Å². The lowest BCUT2D eigenvalue weighted by atomic mass is 10.1. The smallest absolute Gasteiger partial charge is 0.272 e. The van der Waals surface area contributed by atoms with Gasteiger partial charge in [0.25, 0.3) is 5.91 Å². The van der Waals surface area contributed by atoms with Crippen molar-refractivity contribution in [3.63, 3.8) is 0 Å².